The molecule has 0 saturated heterocycles. The molecule has 118 valence electrons. The third-order valence-corrected chi connectivity index (χ3v) is 3.99. The Hall–Kier alpha value is -2.59. The van der Waals surface area contributed by atoms with Crippen LogP contribution in [0.15, 0.2) is 40.9 Å². The van der Waals surface area contributed by atoms with E-state index in [1.165, 1.54) is 18.2 Å². The fraction of sp³-hybridized carbons (Fsp3) is 0.188. The van der Waals surface area contributed by atoms with Crippen molar-refractivity contribution in [3.8, 4) is 11.8 Å². The van der Waals surface area contributed by atoms with Gasteiger partial charge >= 0.3 is 0 Å². The first kappa shape index (κ1) is 16.8. The number of nitro groups is 1. The molecule has 0 spiro atoms. The van der Waals surface area contributed by atoms with Gasteiger partial charge in [-0.3, -0.25) is 10.1 Å². The highest BCUT2D eigenvalue weighted by atomic mass is 79.9. The number of benzene rings is 2. The maximum absolute atomic E-state index is 11.1. The molecule has 0 bridgehead atoms. The summed E-state index contributed by atoms with van der Waals surface area (Å²) in [6.45, 7) is 1.89. The summed E-state index contributed by atoms with van der Waals surface area (Å²) >= 11 is 3.42. The Balaban J connectivity index is 2.32. The van der Waals surface area contributed by atoms with Crippen molar-refractivity contribution in [2.75, 3.05) is 12.4 Å². The molecule has 2 aromatic carbocycles. The number of nitrogens with zero attached hydrogens (tertiary/aromatic N) is 2. The number of methoxy groups -OCH3 is 1. The van der Waals surface area contributed by atoms with Gasteiger partial charge in [0.1, 0.15) is 11.4 Å². The predicted molar refractivity (Wildman–Crippen MR) is 90.5 cm³/mol. The highest BCUT2D eigenvalue weighted by molar-refractivity contribution is 9.10. The molecule has 1 atom stereocenters. The minimum absolute atomic E-state index is 0.0663. The second-order valence-electron chi connectivity index (χ2n) is 4.86. The van der Waals surface area contributed by atoms with Crippen LogP contribution in [0.3, 0.4) is 0 Å². The SMILES string of the molecule is COc1ccc(C(C)Nc2cc(C#N)ccc2[N+](=O)[O-])cc1Br. The van der Waals surface area contributed by atoms with E-state index in [0.29, 0.717) is 17.0 Å². The molecule has 0 aliphatic rings. The zero-order valence-electron chi connectivity index (χ0n) is 12.5. The summed E-state index contributed by atoms with van der Waals surface area (Å²) < 4.78 is 5.98. The predicted octanol–water partition coefficient (Wildman–Crippen LogP) is 4.41. The van der Waals surface area contributed by atoms with E-state index >= 15 is 0 Å². The molecule has 1 unspecified atom stereocenters. The number of hydrogen-bond acceptors (Lipinski definition) is 5. The molecule has 7 heteroatoms. The smallest absolute Gasteiger partial charge is 0.292 e. The van der Waals surface area contributed by atoms with Crippen molar-refractivity contribution in [3.63, 3.8) is 0 Å². The van der Waals surface area contributed by atoms with Gasteiger partial charge in [-0.05, 0) is 52.7 Å². The summed E-state index contributed by atoms with van der Waals surface area (Å²) in [5.41, 5.74) is 1.53. The first-order chi connectivity index (χ1) is 11.0. The summed E-state index contributed by atoms with van der Waals surface area (Å²) in [5, 5.41) is 23.2. The number of ether oxygens (including phenoxy) is 1. The van der Waals surface area contributed by atoms with Crippen LogP contribution in [-0.2, 0) is 0 Å². The molecule has 6 nitrogen and oxygen atoms in total. The highest BCUT2D eigenvalue weighted by Gasteiger charge is 2.17. The van der Waals surface area contributed by atoms with Gasteiger partial charge in [0.15, 0.2) is 0 Å². The minimum atomic E-state index is -0.472. The molecule has 0 aliphatic heterocycles. The third kappa shape index (κ3) is 3.79. The van der Waals surface area contributed by atoms with Crippen LogP contribution < -0.4 is 10.1 Å². The fourth-order valence-corrected chi connectivity index (χ4v) is 2.71. The van der Waals surface area contributed by atoms with Crippen molar-refractivity contribution >= 4 is 27.3 Å². The van der Waals surface area contributed by atoms with Crippen molar-refractivity contribution < 1.29 is 9.66 Å². The number of nitrogens with one attached hydrogen (secondary N) is 1. The van der Waals surface area contributed by atoms with Gasteiger partial charge in [0.2, 0.25) is 0 Å². The lowest BCUT2D eigenvalue weighted by atomic mass is 10.1. The third-order valence-electron chi connectivity index (χ3n) is 3.37. The second-order valence-corrected chi connectivity index (χ2v) is 5.72. The molecule has 2 aromatic rings. The van der Waals surface area contributed by atoms with Crippen LogP contribution in [0, 0.1) is 21.4 Å². The Labute approximate surface area is 142 Å². The lowest BCUT2D eigenvalue weighted by molar-refractivity contribution is -0.384. The quantitative estimate of drug-likeness (QED) is 0.617. The van der Waals surface area contributed by atoms with E-state index in [9.17, 15) is 10.1 Å². The number of nitriles is 1. The van der Waals surface area contributed by atoms with Crippen LogP contribution >= 0.6 is 15.9 Å². The molecular weight excluding hydrogens is 362 g/mol. The van der Waals surface area contributed by atoms with E-state index in [4.69, 9.17) is 10.00 Å². The van der Waals surface area contributed by atoms with Gasteiger partial charge in [-0.15, -0.1) is 0 Å². The Morgan fingerprint density at radius 3 is 2.65 bits per heavy atom. The van der Waals surface area contributed by atoms with E-state index in [1.807, 2.05) is 31.2 Å². The standard InChI is InChI=1S/C16H14BrN3O3/c1-10(12-4-6-16(23-2)13(17)8-12)19-14-7-11(9-18)3-5-15(14)20(21)22/h3-8,10,19H,1-2H3. The van der Waals surface area contributed by atoms with Gasteiger partial charge < -0.3 is 10.1 Å². The molecule has 0 amide bonds. The van der Waals surface area contributed by atoms with Gasteiger partial charge in [0.25, 0.3) is 5.69 Å². The Morgan fingerprint density at radius 2 is 2.09 bits per heavy atom. The monoisotopic (exact) mass is 375 g/mol. The average molecular weight is 376 g/mol. The van der Waals surface area contributed by atoms with Crippen molar-refractivity contribution in [3.05, 3.63) is 62.1 Å². The van der Waals surface area contributed by atoms with Crippen molar-refractivity contribution in [1.29, 1.82) is 5.26 Å². The molecular formula is C16H14BrN3O3. The van der Waals surface area contributed by atoms with E-state index in [-0.39, 0.29) is 11.7 Å². The van der Waals surface area contributed by atoms with Gasteiger partial charge in [-0.2, -0.15) is 5.26 Å². The summed E-state index contributed by atoms with van der Waals surface area (Å²) in [4.78, 5) is 10.7. The Kier molecular flexibility index (Phi) is 5.19. The molecule has 0 heterocycles. The maximum atomic E-state index is 11.1. The average Bonchev–Trinajstić information content (AvgIpc) is 2.54. The van der Waals surface area contributed by atoms with E-state index in [1.54, 1.807) is 7.11 Å². The Bertz CT molecular complexity index is 787. The number of anilines is 1. The van der Waals surface area contributed by atoms with Crippen LogP contribution in [0.1, 0.15) is 24.1 Å². The van der Waals surface area contributed by atoms with Gasteiger partial charge in [0.05, 0.1) is 28.1 Å². The Morgan fingerprint density at radius 1 is 1.35 bits per heavy atom. The number of rotatable bonds is 5. The zero-order valence-corrected chi connectivity index (χ0v) is 14.1. The minimum Gasteiger partial charge on any atom is -0.496 e. The number of hydrogen-bond donors (Lipinski definition) is 1. The second kappa shape index (κ2) is 7.11. The number of nitro benzene ring substituents is 1. The van der Waals surface area contributed by atoms with Crippen LogP contribution in [0.5, 0.6) is 5.75 Å². The van der Waals surface area contributed by atoms with Gasteiger partial charge in [0, 0.05) is 12.1 Å². The molecule has 0 radical (unpaired) electrons. The topological polar surface area (TPSA) is 88.2 Å². The summed E-state index contributed by atoms with van der Waals surface area (Å²) in [7, 11) is 1.58. The van der Waals surface area contributed by atoms with E-state index in [2.05, 4.69) is 21.2 Å². The van der Waals surface area contributed by atoms with Gasteiger partial charge in [-0.25, -0.2) is 0 Å². The molecule has 23 heavy (non-hydrogen) atoms. The molecule has 0 aliphatic carbocycles. The lowest BCUT2D eigenvalue weighted by Crippen LogP contribution is -2.09. The van der Waals surface area contributed by atoms with Crippen LogP contribution in [0.2, 0.25) is 0 Å². The van der Waals surface area contributed by atoms with Gasteiger partial charge in [-0.1, -0.05) is 6.07 Å². The first-order valence-electron chi connectivity index (χ1n) is 6.74. The largest absolute Gasteiger partial charge is 0.496 e. The van der Waals surface area contributed by atoms with Crippen molar-refractivity contribution in [2.24, 2.45) is 0 Å². The van der Waals surface area contributed by atoms with E-state index < -0.39 is 4.92 Å². The molecule has 0 fully saturated rings. The summed E-state index contributed by atoms with van der Waals surface area (Å²) in [5.74, 6) is 0.707. The van der Waals surface area contributed by atoms with Crippen molar-refractivity contribution in [1.82, 2.24) is 0 Å². The molecule has 2 rings (SSSR count). The van der Waals surface area contributed by atoms with Crippen LogP contribution in [-0.4, -0.2) is 12.0 Å². The summed E-state index contributed by atoms with van der Waals surface area (Å²) in [6, 6.07) is 11.6. The molecule has 1 N–H and O–H groups in total. The molecule has 0 aromatic heterocycles. The lowest BCUT2D eigenvalue weighted by Gasteiger charge is -2.17. The van der Waals surface area contributed by atoms with Crippen molar-refractivity contribution in [2.45, 2.75) is 13.0 Å². The highest BCUT2D eigenvalue weighted by Crippen LogP contribution is 2.32. The maximum Gasteiger partial charge on any atom is 0.292 e. The zero-order chi connectivity index (χ0) is 17.0. The van der Waals surface area contributed by atoms with Crippen LogP contribution in [0.4, 0.5) is 11.4 Å². The van der Waals surface area contributed by atoms with E-state index in [0.717, 1.165) is 10.0 Å². The van der Waals surface area contributed by atoms with Crippen LogP contribution in [0.25, 0.3) is 0 Å². The normalized spacial score (nSPS) is 11.4. The number of halogens is 1. The summed E-state index contributed by atoms with van der Waals surface area (Å²) in [6.07, 6.45) is 0. The fourth-order valence-electron chi connectivity index (χ4n) is 2.15. The molecule has 0 saturated carbocycles. The first-order valence-corrected chi connectivity index (χ1v) is 7.54.